The fourth-order valence-corrected chi connectivity index (χ4v) is 9.33. The van der Waals surface area contributed by atoms with Crippen LogP contribution in [0, 0.1) is 22.5 Å². The lowest BCUT2D eigenvalue weighted by Gasteiger charge is -2.35. The monoisotopic (exact) mass is 1010 g/mol. The molecule has 0 aliphatic carbocycles. The van der Waals surface area contributed by atoms with E-state index in [9.17, 15) is 42.5 Å². The number of carbonyl (C=O) groups is 4. The Labute approximate surface area is 412 Å². The molecule has 1 aromatic heterocycles. The molecule has 2 N–H and O–H groups in total. The smallest absolute Gasteiger partial charge is 0.423 e. The molecule has 4 amide bonds. The van der Waals surface area contributed by atoms with Crippen LogP contribution in [0.25, 0.3) is 10.4 Å². The second-order valence-corrected chi connectivity index (χ2v) is 19.4. The number of hydrogen-bond donors (Lipinski definition) is 2. The standard InChI is InChI=1S/C48H56F3N7O10S2/c1-30-40(70-29-53-30)32-11-9-31(10-12-32)27-52-42(60)38-8-7-19-55(38)43(61)41(46(2,3)4)54-39(59)28-67-23-22-65-20-21-66-24-25-68-35-16-13-33(14-17-35)57-45(69)56(44(62)47(57,5)6)34-15-18-37(58(63)64)36(26-34)48(49,50)51/h9-18,26,29,38,41H,7-8,19-25,27-28H2,1-6H3,(H,52,60)(H,54,59). The average Bonchev–Trinajstić information content (AvgIpc) is 4.02. The van der Waals surface area contributed by atoms with Crippen molar-refractivity contribution < 1.29 is 56.2 Å². The molecule has 70 heavy (non-hydrogen) atoms. The summed E-state index contributed by atoms with van der Waals surface area (Å²) in [6.45, 7) is 12.3. The van der Waals surface area contributed by atoms with Gasteiger partial charge < -0.3 is 39.4 Å². The second kappa shape index (κ2) is 22.8. The number of nitro groups is 1. The second-order valence-electron chi connectivity index (χ2n) is 18.1. The van der Waals surface area contributed by atoms with E-state index in [2.05, 4.69) is 15.6 Å². The lowest BCUT2D eigenvalue weighted by atomic mass is 9.85. The first-order chi connectivity index (χ1) is 33.1. The van der Waals surface area contributed by atoms with Crippen LogP contribution < -0.4 is 25.2 Å². The van der Waals surface area contributed by atoms with Gasteiger partial charge in [0.2, 0.25) is 17.7 Å². The Kier molecular flexibility index (Phi) is 17.3. The minimum atomic E-state index is -5.04. The number of ether oxygens (including phenoxy) is 4. The van der Waals surface area contributed by atoms with Crippen molar-refractivity contribution in [3.63, 3.8) is 0 Å². The fourth-order valence-electron chi connectivity index (χ4n) is 8.00. The number of thiazole rings is 1. The van der Waals surface area contributed by atoms with Crippen LogP contribution in [0.4, 0.5) is 30.2 Å². The predicted molar refractivity (Wildman–Crippen MR) is 259 cm³/mol. The molecule has 2 atom stereocenters. The highest BCUT2D eigenvalue weighted by atomic mass is 32.1. The van der Waals surface area contributed by atoms with Crippen molar-refractivity contribution in [2.24, 2.45) is 5.41 Å². The molecule has 17 nitrogen and oxygen atoms in total. The molecule has 2 aliphatic rings. The first-order valence-electron chi connectivity index (χ1n) is 22.5. The zero-order chi connectivity index (χ0) is 51.0. The van der Waals surface area contributed by atoms with E-state index in [0.29, 0.717) is 49.5 Å². The highest BCUT2D eigenvalue weighted by Crippen LogP contribution is 2.42. The van der Waals surface area contributed by atoms with Gasteiger partial charge in [0.05, 0.1) is 59.7 Å². The third-order valence-corrected chi connectivity index (χ3v) is 13.0. The Hall–Kier alpha value is -6.07. The van der Waals surface area contributed by atoms with Crippen LogP contribution in [0.3, 0.4) is 0 Å². The highest BCUT2D eigenvalue weighted by Gasteiger charge is 2.51. The summed E-state index contributed by atoms with van der Waals surface area (Å²) in [5.74, 6) is -1.19. The quantitative estimate of drug-likeness (QED) is 0.0368. The van der Waals surface area contributed by atoms with Gasteiger partial charge in [0.1, 0.15) is 42.1 Å². The summed E-state index contributed by atoms with van der Waals surface area (Å²) >= 11 is 7.14. The van der Waals surface area contributed by atoms with Gasteiger partial charge in [0, 0.05) is 24.8 Å². The molecule has 0 radical (unpaired) electrons. The lowest BCUT2D eigenvalue weighted by molar-refractivity contribution is -0.388. The zero-order valence-corrected chi connectivity index (χ0v) is 41.3. The summed E-state index contributed by atoms with van der Waals surface area (Å²) in [7, 11) is 0. The normalized spacial score (nSPS) is 16.4. The number of anilines is 2. The van der Waals surface area contributed by atoms with Gasteiger partial charge in [0.15, 0.2) is 5.11 Å². The maximum Gasteiger partial charge on any atom is 0.423 e. The van der Waals surface area contributed by atoms with E-state index in [0.717, 1.165) is 32.7 Å². The number of thiocarbonyl (C=S) groups is 1. The molecule has 4 aromatic rings. The number of aryl methyl sites for hydroxylation is 1. The van der Waals surface area contributed by atoms with Crippen molar-refractivity contribution in [2.45, 2.75) is 84.7 Å². The minimum Gasteiger partial charge on any atom is -0.491 e. The number of likely N-dealkylation sites (tertiary alicyclic amines) is 1. The summed E-state index contributed by atoms with van der Waals surface area (Å²) in [5, 5.41) is 17.0. The van der Waals surface area contributed by atoms with Crippen LogP contribution in [-0.2, 0) is 46.1 Å². The Bertz CT molecular complexity index is 2530. The molecule has 0 spiro atoms. The van der Waals surface area contributed by atoms with Crippen molar-refractivity contribution >= 4 is 69.4 Å². The summed E-state index contributed by atoms with van der Waals surface area (Å²) < 4.78 is 63.6. The van der Waals surface area contributed by atoms with Crippen LogP contribution in [-0.4, -0.2) is 114 Å². The molecule has 0 saturated carbocycles. The number of aromatic nitrogens is 1. The zero-order valence-electron chi connectivity index (χ0n) is 39.6. The van der Waals surface area contributed by atoms with E-state index in [1.807, 2.05) is 57.5 Å². The largest absolute Gasteiger partial charge is 0.491 e. The molecular formula is C48H56F3N7O10S2. The van der Waals surface area contributed by atoms with Gasteiger partial charge in [-0.25, -0.2) is 4.98 Å². The molecule has 2 fully saturated rings. The summed E-state index contributed by atoms with van der Waals surface area (Å²) in [6.07, 6.45) is -3.86. The molecule has 3 aromatic carbocycles. The first-order valence-corrected chi connectivity index (χ1v) is 23.8. The topological polar surface area (TPSA) is 195 Å². The number of alkyl halides is 3. The van der Waals surface area contributed by atoms with E-state index in [4.69, 9.17) is 31.2 Å². The Balaban J connectivity index is 0.861. The van der Waals surface area contributed by atoms with E-state index in [1.165, 1.54) is 4.90 Å². The molecule has 2 aliphatic heterocycles. The van der Waals surface area contributed by atoms with Crippen LogP contribution in [0.5, 0.6) is 5.75 Å². The number of nitrogens with zero attached hydrogens (tertiary/aromatic N) is 5. The van der Waals surface area contributed by atoms with Gasteiger partial charge in [-0.05, 0) is 98.8 Å². The lowest BCUT2D eigenvalue weighted by Crippen LogP contribution is -2.58. The van der Waals surface area contributed by atoms with E-state index >= 15 is 0 Å². The number of benzene rings is 3. The number of halogens is 3. The van der Waals surface area contributed by atoms with Crippen molar-refractivity contribution in [2.75, 3.05) is 62.6 Å². The molecule has 376 valence electrons. The molecule has 2 unspecified atom stereocenters. The number of amides is 4. The summed E-state index contributed by atoms with van der Waals surface area (Å²) in [6, 6.07) is 15.2. The molecular weight excluding hydrogens is 956 g/mol. The number of carbonyl (C=O) groups excluding carboxylic acids is 4. The number of nitrogens with one attached hydrogen (secondary N) is 2. The number of hydrogen-bond acceptors (Lipinski definition) is 13. The van der Waals surface area contributed by atoms with Crippen LogP contribution in [0.1, 0.15) is 64.3 Å². The van der Waals surface area contributed by atoms with Crippen molar-refractivity contribution in [1.82, 2.24) is 20.5 Å². The van der Waals surface area contributed by atoms with Crippen LogP contribution in [0.15, 0.2) is 72.2 Å². The average molecular weight is 1010 g/mol. The van der Waals surface area contributed by atoms with E-state index in [1.54, 1.807) is 54.3 Å². The van der Waals surface area contributed by atoms with Gasteiger partial charge in [-0.3, -0.25) is 34.2 Å². The van der Waals surface area contributed by atoms with Crippen molar-refractivity contribution in [3.05, 3.63) is 99.2 Å². The van der Waals surface area contributed by atoms with Gasteiger partial charge in [-0.15, -0.1) is 11.3 Å². The van der Waals surface area contributed by atoms with Gasteiger partial charge in [-0.1, -0.05) is 45.0 Å². The summed E-state index contributed by atoms with van der Waals surface area (Å²) in [4.78, 5) is 73.2. The minimum absolute atomic E-state index is 0.107. The predicted octanol–water partition coefficient (Wildman–Crippen LogP) is 7.23. The molecule has 3 heterocycles. The molecule has 6 rings (SSSR count). The van der Waals surface area contributed by atoms with Gasteiger partial charge >= 0.3 is 6.18 Å². The first kappa shape index (κ1) is 53.3. The maximum atomic E-state index is 13.9. The fraction of sp³-hybridized carbons (Fsp3) is 0.458. The van der Waals surface area contributed by atoms with Gasteiger partial charge in [-0.2, -0.15) is 13.2 Å². The maximum absolute atomic E-state index is 13.9. The SMILES string of the molecule is Cc1ncsc1-c1ccc(CNC(=O)C2CCCN2C(=O)C(NC(=O)COCCOCCOCCOc2ccc(N3C(=S)N(c4ccc([N+](=O)[O-])c(C(F)(F)F)c4)C(=O)C3(C)C)cc2)C(C)(C)C)cc1. The van der Waals surface area contributed by atoms with Crippen molar-refractivity contribution in [1.29, 1.82) is 0 Å². The Morgan fingerprint density at radius 1 is 0.943 bits per heavy atom. The summed E-state index contributed by atoms with van der Waals surface area (Å²) in [5.41, 5.74) is 0.373. The molecule has 2 saturated heterocycles. The van der Waals surface area contributed by atoms with Crippen molar-refractivity contribution in [3.8, 4) is 16.2 Å². The van der Waals surface area contributed by atoms with E-state index in [-0.39, 0.29) is 68.9 Å². The van der Waals surface area contributed by atoms with Gasteiger partial charge in [0.25, 0.3) is 11.6 Å². The Morgan fingerprint density at radius 3 is 2.17 bits per heavy atom. The number of rotatable bonds is 21. The van der Waals surface area contributed by atoms with Crippen LogP contribution >= 0.6 is 23.6 Å². The highest BCUT2D eigenvalue weighted by molar-refractivity contribution is 7.81. The third-order valence-electron chi connectivity index (χ3n) is 11.7. The number of nitro benzene ring substituents is 1. The third kappa shape index (κ3) is 12.8. The molecule has 22 heteroatoms. The Morgan fingerprint density at radius 2 is 1.57 bits per heavy atom. The van der Waals surface area contributed by atoms with E-state index < -0.39 is 57.2 Å². The van der Waals surface area contributed by atoms with Crippen LogP contribution in [0.2, 0.25) is 0 Å². The molecule has 0 bridgehead atoms.